The van der Waals surface area contributed by atoms with Gasteiger partial charge in [-0.15, -0.1) is 0 Å². The average molecular weight is 309 g/mol. The lowest BCUT2D eigenvalue weighted by atomic mass is 9.79. The topological polar surface area (TPSA) is 75.4 Å². The van der Waals surface area contributed by atoms with E-state index >= 15 is 0 Å². The van der Waals surface area contributed by atoms with E-state index in [1.54, 1.807) is 0 Å². The summed E-state index contributed by atoms with van der Waals surface area (Å²) in [5.41, 5.74) is 6.07. The Morgan fingerprint density at radius 1 is 1.18 bits per heavy atom. The number of carbonyl (C=O) groups is 2. The van der Waals surface area contributed by atoms with Crippen molar-refractivity contribution in [3.05, 3.63) is 0 Å². The number of likely N-dealkylation sites (tertiary alicyclic amines) is 1. The third-order valence-electron chi connectivity index (χ3n) is 5.28. The number of hydrogen-bond donors (Lipinski definition) is 2. The van der Waals surface area contributed by atoms with Crippen LogP contribution in [0, 0.1) is 11.3 Å². The first kappa shape index (κ1) is 17.3. The Hall–Kier alpha value is -1.10. The van der Waals surface area contributed by atoms with Gasteiger partial charge in [0.05, 0.1) is 0 Å². The maximum atomic E-state index is 12.3. The van der Waals surface area contributed by atoms with Crippen LogP contribution in [0.2, 0.25) is 0 Å². The summed E-state index contributed by atoms with van der Waals surface area (Å²) in [7, 11) is 0. The van der Waals surface area contributed by atoms with Crippen LogP contribution in [-0.4, -0.2) is 42.4 Å². The molecule has 0 aromatic rings. The van der Waals surface area contributed by atoms with Crippen molar-refractivity contribution in [3.8, 4) is 0 Å². The summed E-state index contributed by atoms with van der Waals surface area (Å²) >= 11 is 0. The molecule has 1 unspecified atom stereocenters. The quantitative estimate of drug-likeness (QED) is 0.829. The fourth-order valence-electron chi connectivity index (χ4n) is 3.55. The molecule has 2 aliphatic rings. The minimum atomic E-state index is -0.0285. The normalized spacial score (nSPS) is 25.8. The molecule has 1 saturated heterocycles. The number of amides is 2. The van der Waals surface area contributed by atoms with Gasteiger partial charge in [-0.1, -0.05) is 33.1 Å². The number of carbonyl (C=O) groups excluding carboxylic acids is 2. The number of hydrogen-bond acceptors (Lipinski definition) is 3. The van der Waals surface area contributed by atoms with Crippen LogP contribution in [0.5, 0.6) is 0 Å². The maximum Gasteiger partial charge on any atom is 0.224 e. The second kappa shape index (κ2) is 7.44. The highest BCUT2D eigenvalue weighted by Crippen LogP contribution is 2.28. The van der Waals surface area contributed by atoms with Gasteiger partial charge in [0.1, 0.15) is 0 Å². The molecule has 0 aromatic heterocycles. The molecule has 3 N–H and O–H groups in total. The third-order valence-corrected chi connectivity index (χ3v) is 5.28. The van der Waals surface area contributed by atoms with Crippen LogP contribution in [0.3, 0.4) is 0 Å². The van der Waals surface area contributed by atoms with Gasteiger partial charge in [0.15, 0.2) is 0 Å². The second-order valence-corrected chi connectivity index (χ2v) is 7.58. The minimum Gasteiger partial charge on any atom is -0.355 e. The molecule has 1 aliphatic carbocycles. The summed E-state index contributed by atoms with van der Waals surface area (Å²) in [6, 6.07) is 0.155. The zero-order chi connectivity index (χ0) is 16.2. The zero-order valence-electron chi connectivity index (χ0n) is 14.1. The third kappa shape index (κ3) is 4.45. The minimum absolute atomic E-state index is 0.0285. The number of piperidine rings is 1. The van der Waals surface area contributed by atoms with Gasteiger partial charge in [-0.05, 0) is 24.7 Å². The Morgan fingerprint density at radius 3 is 2.50 bits per heavy atom. The fourth-order valence-corrected chi connectivity index (χ4v) is 3.55. The molecule has 1 saturated carbocycles. The highest BCUT2D eigenvalue weighted by Gasteiger charge is 2.35. The van der Waals surface area contributed by atoms with Gasteiger partial charge in [0.2, 0.25) is 11.8 Å². The van der Waals surface area contributed by atoms with Crippen molar-refractivity contribution in [3.63, 3.8) is 0 Å². The Kier molecular flexibility index (Phi) is 5.84. The van der Waals surface area contributed by atoms with Gasteiger partial charge in [-0.25, -0.2) is 0 Å². The molecule has 2 fully saturated rings. The van der Waals surface area contributed by atoms with Crippen LogP contribution in [0.4, 0.5) is 0 Å². The molecule has 0 spiro atoms. The first-order valence-corrected chi connectivity index (χ1v) is 8.71. The molecule has 2 rings (SSSR count). The molecular formula is C17H31N3O2. The molecule has 126 valence electrons. The number of nitrogens with one attached hydrogen (secondary N) is 1. The standard InChI is InChI=1S/C17H31N3O2/c1-17(2)12-20(11-9-14(17)18)15(21)8-10-19-16(22)13-6-4-3-5-7-13/h13-14H,3-12,18H2,1-2H3,(H,19,22). The van der Waals surface area contributed by atoms with E-state index in [-0.39, 0.29) is 29.2 Å². The van der Waals surface area contributed by atoms with E-state index in [2.05, 4.69) is 19.2 Å². The molecular weight excluding hydrogens is 278 g/mol. The van der Waals surface area contributed by atoms with Gasteiger partial charge in [0, 0.05) is 38.0 Å². The lowest BCUT2D eigenvalue weighted by Gasteiger charge is -2.42. The van der Waals surface area contributed by atoms with Crippen molar-refractivity contribution in [2.45, 2.75) is 64.8 Å². The molecule has 1 aliphatic heterocycles. The lowest BCUT2D eigenvalue weighted by molar-refractivity contribution is -0.134. The van der Waals surface area contributed by atoms with E-state index in [4.69, 9.17) is 5.73 Å². The Bertz CT molecular complexity index is 403. The zero-order valence-corrected chi connectivity index (χ0v) is 14.1. The van der Waals surface area contributed by atoms with E-state index in [0.717, 1.165) is 38.6 Å². The van der Waals surface area contributed by atoms with Crippen molar-refractivity contribution in [1.82, 2.24) is 10.2 Å². The largest absolute Gasteiger partial charge is 0.355 e. The molecule has 5 nitrogen and oxygen atoms in total. The first-order chi connectivity index (χ1) is 10.4. The SMILES string of the molecule is CC1(C)CN(C(=O)CCNC(=O)C2CCCCC2)CCC1N. The fraction of sp³-hybridized carbons (Fsp3) is 0.882. The summed E-state index contributed by atoms with van der Waals surface area (Å²) in [6.45, 7) is 6.13. The summed E-state index contributed by atoms with van der Waals surface area (Å²) in [4.78, 5) is 26.2. The van der Waals surface area contributed by atoms with Crippen molar-refractivity contribution in [1.29, 1.82) is 0 Å². The predicted octanol–water partition coefficient (Wildman–Crippen LogP) is 1.66. The molecule has 0 aromatic carbocycles. The monoisotopic (exact) mass is 309 g/mol. The molecule has 22 heavy (non-hydrogen) atoms. The molecule has 0 radical (unpaired) electrons. The van der Waals surface area contributed by atoms with Crippen LogP contribution < -0.4 is 11.1 Å². The average Bonchev–Trinajstić information content (AvgIpc) is 2.50. The van der Waals surface area contributed by atoms with Gasteiger partial charge in [0.25, 0.3) is 0 Å². The van der Waals surface area contributed by atoms with Gasteiger partial charge in [-0.2, -0.15) is 0 Å². The second-order valence-electron chi connectivity index (χ2n) is 7.58. The number of rotatable bonds is 4. The van der Waals surface area contributed by atoms with E-state index in [1.165, 1.54) is 6.42 Å². The van der Waals surface area contributed by atoms with E-state index in [9.17, 15) is 9.59 Å². The first-order valence-electron chi connectivity index (χ1n) is 8.71. The van der Waals surface area contributed by atoms with Gasteiger partial charge >= 0.3 is 0 Å². The van der Waals surface area contributed by atoms with Crippen LogP contribution in [0.15, 0.2) is 0 Å². The van der Waals surface area contributed by atoms with E-state index < -0.39 is 0 Å². The van der Waals surface area contributed by atoms with Crippen LogP contribution in [0.25, 0.3) is 0 Å². The molecule has 2 amide bonds. The summed E-state index contributed by atoms with van der Waals surface area (Å²) in [5, 5.41) is 2.94. The Morgan fingerprint density at radius 2 is 1.86 bits per heavy atom. The van der Waals surface area contributed by atoms with Crippen molar-refractivity contribution in [2.75, 3.05) is 19.6 Å². The van der Waals surface area contributed by atoms with E-state index in [0.29, 0.717) is 19.5 Å². The Labute approximate surface area is 134 Å². The van der Waals surface area contributed by atoms with Crippen molar-refractivity contribution >= 4 is 11.8 Å². The number of nitrogens with two attached hydrogens (primary N) is 1. The summed E-state index contributed by atoms with van der Waals surface area (Å²) in [6.07, 6.45) is 6.79. The molecule has 1 heterocycles. The maximum absolute atomic E-state index is 12.3. The highest BCUT2D eigenvalue weighted by atomic mass is 16.2. The van der Waals surface area contributed by atoms with Gasteiger partial charge < -0.3 is 16.0 Å². The Balaban J connectivity index is 1.70. The van der Waals surface area contributed by atoms with Crippen LogP contribution >= 0.6 is 0 Å². The van der Waals surface area contributed by atoms with Gasteiger partial charge in [-0.3, -0.25) is 9.59 Å². The molecule has 0 bridgehead atoms. The summed E-state index contributed by atoms with van der Waals surface area (Å²) in [5.74, 6) is 0.424. The van der Waals surface area contributed by atoms with Crippen molar-refractivity contribution in [2.24, 2.45) is 17.1 Å². The highest BCUT2D eigenvalue weighted by molar-refractivity contribution is 5.80. The molecule has 1 atom stereocenters. The molecule has 5 heteroatoms. The lowest BCUT2D eigenvalue weighted by Crippen LogP contribution is -2.54. The summed E-state index contributed by atoms with van der Waals surface area (Å²) < 4.78 is 0. The van der Waals surface area contributed by atoms with Crippen molar-refractivity contribution < 1.29 is 9.59 Å². The van der Waals surface area contributed by atoms with E-state index in [1.807, 2.05) is 4.90 Å². The smallest absolute Gasteiger partial charge is 0.224 e. The predicted molar refractivity (Wildman–Crippen MR) is 87.2 cm³/mol. The van der Waals surface area contributed by atoms with Crippen LogP contribution in [-0.2, 0) is 9.59 Å². The number of nitrogens with zero attached hydrogens (tertiary/aromatic N) is 1. The van der Waals surface area contributed by atoms with Crippen LogP contribution in [0.1, 0.15) is 58.8 Å².